The van der Waals surface area contributed by atoms with E-state index in [1.165, 1.54) is 10.9 Å². The van der Waals surface area contributed by atoms with Crippen LogP contribution in [0.15, 0.2) is 217 Å². The summed E-state index contributed by atoms with van der Waals surface area (Å²) in [6, 6.07) is 75.0. The Labute approximate surface area is 362 Å². The summed E-state index contributed by atoms with van der Waals surface area (Å²) in [6.45, 7) is 0. The predicted octanol–water partition coefficient (Wildman–Crippen LogP) is 15.9. The zero-order chi connectivity index (χ0) is 41.4. The van der Waals surface area contributed by atoms with Gasteiger partial charge in [-0.2, -0.15) is 0 Å². The van der Waals surface area contributed by atoms with Crippen LogP contribution < -0.4 is 0 Å². The van der Waals surface area contributed by atoms with Crippen LogP contribution in [0.1, 0.15) is 0 Å². The van der Waals surface area contributed by atoms with Crippen molar-refractivity contribution >= 4 is 76.2 Å². The minimum absolute atomic E-state index is 0.854. The van der Waals surface area contributed by atoms with E-state index in [9.17, 15) is 0 Å². The van der Waals surface area contributed by atoms with E-state index in [1.54, 1.807) is 0 Å². The lowest BCUT2D eigenvalue weighted by Gasteiger charge is -2.16. The first-order valence-corrected chi connectivity index (χ1v) is 21.3. The highest BCUT2D eigenvalue weighted by molar-refractivity contribution is 6.27. The number of nitrogens with zero attached hydrogens (tertiary/aromatic N) is 3. The van der Waals surface area contributed by atoms with Crippen molar-refractivity contribution in [3.05, 3.63) is 212 Å². The van der Waals surface area contributed by atoms with E-state index in [0.717, 1.165) is 121 Å². The monoisotopic (exact) mass is 801 g/mol. The molecule has 0 unspecified atom stereocenters. The zero-order valence-electron chi connectivity index (χ0n) is 34.0. The van der Waals surface area contributed by atoms with Crippen LogP contribution in [0.25, 0.3) is 132 Å². The van der Waals surface area contributed by atoms with Gasteiger partial charge in [-0.05, 0) is 76.0 Å². The highest BCUT2D eigenvalue weighted by Crippen LogP contribution is 2.46. The van der Waals surface area contributed by atoms with Gasteiger partial charge in [0, 0.05) is 60.0 Å². The third kappa shape index (κ3) is 5.80. The molecule has 0 radical (unpaired) electrons. The van der Waals surface area contributed by atoms with E-state index in [1.807, 2.05) is 24.3 Å². The van der Waals surface area contributed by atoms with E-state index in [-0.39, 0.29) is 0 Å². The molecule has 0 aliphatic heterocycles. The van der Waals surface area contributed by atoms with Crippen molar-refractivity contribution < 1.29 is 4.42 Å². The van der Waals surface area contributed by atoms with E-state index in [0.29, 0.717) is 0 Å². The standard InChI is InChI=1S/C59H35N3O/c1-3-12-36(13-4-1)49-30-28-38-22-23-39-29-31-50(61-59(39)58(38)60-49)44-27-26-42-32-41(24-25-43(42)33-44)40-16-11-17-45(34-40)57-48-35-53-56(47-19-8-10-21-52(47)63-53)54(37-14-5-2-6-15-37)55(48)46-18-7-9-20-51(46)62-57/h1-35H. The Bertz CT molecular complexity index is 3970. The van der Waals surface area contributed by atoms with Gasteiger partial charge in [-0.1, -0.05) is 164 Å². The fourth-order valence-electron chi connectivity index (χ4n) is 9.56. The van der Waals surface area contributed by atoms with Crippen molar-refractivity contribution in [1.29, 1.82) is 0 Å². The van der Waals surface area contributed by atoms with Gasteiger partial charge in [0.1, 0.15) is 11.2 Å². The van der Waals surface area contributed by atoms with Gasteiger partial charge in [-0.25, -0.2) is 15.0 Å². The molecule has 4 heteroatoms. The normalized spacial score (nSPS) is 11.8. The van der Waals surface area contributed by atoms with Crippen LogP contribution in [0.4, 0.5) is 0 Å². The van der Waals surface area contributed by atoms with E-state index >= 15 is 0 Å². The number of aromatic nitrogens is 3. The maximum atomic E-state index is 6.62. The SMILES string of the molecule is c1ccc(-c2ccc3ccc4ccc(-c5ccc6cc(-c7cccc(-c8nc9ccccc9c9c(-c%10ccccc%10)c%10c(cc89)oc8ccccc8%10)c7)ccc6c5)nc4c3n2)cc1. The van der Waals surface area contributed by atoms with Crippen LogP contribution in [-0.4, -0.2) is 15.0 Å². The highest BCUT2D eigenvalue weighted by atomic mass is 16.3. The Kier molecular flexibility index (Phi) is 7.87. The molecule has 0 atom stereocenters. The largest absolute Gasteiger partial charge is 0.456 e. The Hall–Kier alpha value is -8.47. The van der Waals surface area contributed by atoms with Crippen LogP contribution in [0.2, 0.25) is 0 Å². The van der Waals surface area contributed by atoms with Crippen LogP contribution in [0.3, 0.4) is 0 Å². The smallest absolute Gasteiger partial charge is 0.136 e. The number of fused-ring (bicyclic) bond motifs is 10. The van der Waals surface area contributed by atoms with Crippen molar-refractivity contribution in [3.8, 4) is 56.0 Å². The van der Waals surface area contributed by atoms with Crippen LogP contribution in [-0.2, 0) is 0 Å². The Balaban J connectivity index is 0.919. The van der Waals surface area contributed by atoms with Crippen LogP contribution in [0, 0.1) is 0 Å². The van der Waals surface area contributed by atoms with Gasteiger partial charge in [0.2, 0.25) is 0 Å². The molecule has 0 spiro atoms. The molecule has 0 bridgehead atoms. The maximum absolute atomic E-state index is 6.62. The van der Waals surface area contributed by atoms with E-state index in [2.05, 4.69) is 188 Å². The Morgan fingerprint density at radius 2 is 0.857 bits per heavy atom. The molecule has 292 valence electrons. The molecular formula is C59H35N3O. The summed E-state index contributed by atoms with van der Waals surface area (Å²) in [5, 5.41) is 10.1. The Morgan fingerprint density at radius 3 is 1.62 bits per heavy atom. The number of benzene rings is 9. The first-order valence-electron chi connectivity index (χ1n) is 21.3. The molecule has 4 nitrogen and oxygen atoms in total. The van der Waals surface area contributed by atoms with Crippen molar-refractivity contribution in [3.63, 3.8) is 0 Å². The lowest BCUT2D eigenvalue weighted by atomic mass is 9.89. The summed E-state index contributed by atoms with van der Waals surface area (Å²) < 4.78 is 6.62. The molecule has 13 rings (SSSR count). The second-order valence-electron chi connectivity index (χ2n) is 16.3. The summed E-state index contributed by atoms with van der Waals surface area (Å²) in [6.07, 6.45) is 0. The molecule has 0 aliphatic rings. The van der Waals surface area contributed by atoms with Crippen molar-refractivity contribution in [2.75, 3.05) is 0 Å². The molecule has 4 aromatic heterocycles. The first kappa shape index (κ1) is 35.3. The summed E-state index contributed by atoms with van der Waals surface area (Å²) in [4.78, 5) is 15.7. The molecule has 0 saturated carbocycles. The molecular weight excluding hydrogens is 767 g/mol. The average Bonchev–Trinajstić information content (AvgIpc) is 3.73. The molecule has 13 aromatic rings. The van der Waals surface area contributed by atoms with Gasteiger partial charge in [-0.15, -0.1) is 0 Å². The average molecular weight is 802 g/mol. The third-order valence-electron chi connectivity index (χ3n) is 12.6. The van der Waals surface area contributed by atoms with Crippen LogP contribution in [0.5, 0.6) is 0 Å². The maximum Gasteiger partial charge on any atom is 0.136 e. The quantitative estimate of drug-likeness (QED) is 0.163. The molecule has 63 heavy (non-hydrogen) atoms. The minimum atomic E-state index is 0.854. The van der Waals surface area contributed by atoms with Crippen molar-refractivity contribution in [2.24, 2.45) is 0 Å². The first-order chi connectivity index (χ1) is 31.2. The number of hydrogen-bond donors (Lipinski definition) is 0. The van der Waals surface area contributed by atoms with Crippen LogP contribution >= 0.6 is 0 Å². The second-order valence-corrected chi connectivity index (χ2v) is 16.3. The Morgan fingerprint density at radius 1 is 0.302 bits per heavy atom. The van der Waals surface area contributed by atoms with Gasteiger partial charge in [-0.3, -0.25) is 0 Å². The highest BCUT2D eigenvalue weighted by Gasteiger charge is 2.22. The molecule has 4 heterocycles. The van der Waals surface area contributed by atoms with Gasteiger partial charge in [0.05, 0.1) is 33.6 Å². The lowest BCUT2D eigenvalue weighted by molar-refractivity contribution is 0.669. The molecule has 0 fully saturated rings. The lowest BCUT2D eigenvalue weighted by Crippen LogP contribution is -1.93. The topological polar surface area (TPSA) is 51.8 Å². The number of rotatable bonds is 5. The number of furan rings is 1. The molecule has 0 saturated heterocycles. The minimum Gasteiger partial charge on any atom is -0.456 e. The second kappa shape index (κ2) is 14.1. The third-order valence-corrected chi connectivity index (χ3v) is 12.6. The molecule has 9 aromatic carbocycles. The van der Waals surface area contributed by atoms with E-state index < -0.39 is 0 Å². The number of pyridine rings is 3. The fraction of sp³-hybridized carbons (Fsp3) is 0. The summed E-state index contributed by atoms with van der Waals surface area (Å²) in [5.74, 6) is 0. The molecule has 0 aliphatic carbocycles. The molecule has 0 N–H and O–H groups in total. The fourth-order valence-corrected chi connectivity index (χ4v) is 9.56. The number of hydrogen-bond acceptors (Lipinski definition) is 4. The summed E-state index contributed by atoms with van der Waals surface area (Å²) in [5.41, 5.74) is 15.1. The van der Waals surface area contributed by atoms with E-state index in [4.69, 9.17) is 19.4 Å². The van der Waals surface area contributed by atoms with Gasteiger partial charge in [0.25, 0.3) is 0 Å². The summed E-state index contributed by atoms with van der Waals surface area (Å²) >= 11 is 0. The summed E-state index contributed by atoms with van der Waals surface area (Å²) in [7, 11) is 0. The van der Waals surface area contributed by atoms with Gasteiger partial charge < -0.3 is 4.42 Å². The number of para-hydroxylation sites is 2. The predicted molar refractivity (Wildman–Crippen MR) is 262 cm³/mol. The van der Waals surface area contributed by atoms with Crippen molar-refractivity contribution in [2.45, 2.75) is 0 Å². The molecule has 0 amide bonds. The van der Waals surface area contributed by atoms with Gasteiger partial charge >= 0.3 is 0 Å². The zero-order valence-corrected chi connectivity index (χ0v) is 34.0. The van der Waals surface area contributed by atoms with Crippen molar-refractivity contribution in [1.82, 2.24) is 15.0 Å². The van der Waals surface area contributed by atoms with Gasteiger partial charge in [0.15, 0.2) is 0 Å².